The molecule has 0 bridgehead atoms. The second kappa shape index (κ2) is 7.22. The molecule has 27 heavy (non-hydrogen) atoms. The van der Waals surface area contributed by atoms with E-state index in [1.54, 1.807) is 26.0 Å². The SMILES string of the molecule is CC(C)Oc1cccc2c1c(NC(=O)c1cccnn1)nn2CC(F)(F)F. The third kappa shape index (κ3) is 4.33. The van der Waals surface area contributed by atoms with Crippen molar-refractivity contribution in [1.29, 1.82) is 0 Å². The maximum absolute atomic E-state index is 12.9. The largest absolute Gasteiger partial charge is 0.490 e. The van der Waals surface area contributed by atoms with E-state index < -0.39 is 18.6 Å². The van der Waals surface area contributed by atoms with E-state index in [1.165, 1.54) is 24.4 Å². The Morgan fingerprint density at radius 1 is 1.26 bits per heavy atom. The quantitative estimate of drug-likeness (QED) is 0.735. The van der Waals surface area contributed by atoms with Gasteiger partial charge in [0.25, 0.3) is 5.91 Å². The summed E-state index contributed by atoms with van der Waals surface area (Å²) in [5.41, 5.74) is 0.207. The molecule has 0 radical (unpaired) electrons. The molecule has 0 atom stereocenters. The van der Waals surface area contributed by atoms with Crippen molar-refractivity contribution < 1.29 is 22.7 Å². The average Bonchev–Trinajstić information content (AvgIpc) is 2.92. The summed E-state index contributed by atoms with van der Waals surface area (Å²) in [6.45, 7) is 2.28. The fraction of sp³-hybridized carbons (Fsp3) is 0.294. The molecule has 10 heteroatoms. The molecule has 0 aliphatic carbocycles. The molecule has 0 fully saturated rings. The van der Waals surface area contributed by atoms with E-state index in [-0.39, 0.29) is 28.5 Å². The number of hydrogen-bond donors (Lipinski definition) is 1. The third-order valence-corrected chi connectivity index (χ3v) is 3.47. The Bertz CT molecular complexity index is 954. The van der Waals surface area contributed by atoms with Gasteiger partial charge in [0.2, 0.25) is 0 Å². The molecule has 2 aromatic heterocycles. The topological polar surface area (TPSA) is 81.9 Å². The van der Waals surface area contributed by atoms with Gasteiger partial charge in [0.15, 0.2) is 11.5 Å². The smallest absolute Gasteiger partial charge is 0.408 e. The van der Waals surface area contributed by atoms with Crippen molar-refractivity contribution in [3.8, 4) is 5.75 Å². The molecule has 0 saturated heterocycles. The molecular weight excluding hydrogens is 363 g/mol. The molecule has 2 heterocycles. The fourth-order valence-corrected chi connectivity index (χ4v) is 2.52. The number of halogens is 3. The van der Waals surface area contributed by atoms with Crippen molar-refractivity contribution >= 4 is 22.6 Å². The molecule has 0 aliphatic heterocycles. The van der Waals surface area contributed by atoms with Crippen LogP contribution in [0.25, 0.3) is 10.9 Å². The Labute approximate surface area is 152 Å². The summed E-state index contributed by atoms with van der Waals surface area (Å²) < 4.78 is 45.2. The summed E-state index contributed by atoms with van der Waals surface area (Å²) in [4.78, 5) is 12.4. The Morgan fingerprint density at radius 3 is 2.67 bits per heavy atom. The van der Waals surface area contributed by atoms with Gasteiger partial charge < -0.3 is 10.1 Å². The minimum absolute atomic E-state index is 0.0123. The van der Waals surface area contributed by atoms with E-state index in [2.05, 4.69) is 20.6 Å². The van der Waals surface area contributed by atoms with Crippen molar-refractivity contribution in [3.05, 3.63) is 42.2 Å². The Hall–Kier alpha value is -3.17. The lowest BCUT2D eigenvalue weighted by atomic mass is 10.2. The molecule has 7 nitrogen and oxygen atoms in total. The van der Waals surface area contributed by atoms with Crippen LogP contribution in [0.1, 0.15) is 24.3 Å². The van der Waals surface area contributed by atoms with E-state index >= 15 is 0 Å². The van der Waals surface area contributed by atoms with Gasteiger partial charge in [-0.05, 0) is 38.1 Å². The highest BCUT2D eigenvalue weighted by atomic mass is 19.4. The van der Waals surface area contributed by atoms with Crippen molar-refractivity contribution in [2.24, 2.45) is 0 Å². The van der Waals surface area contributed by atoms with Gasteiger partial charge in [0, 0.05) is 6.20 Å². The number of carbonyl (C=O) groups is 1. The highest BCUT2D eigenvalue weighted by Gasteiger charge is 2.31. The van der Waals surface area contributed by atoms with Gasteiger partial charge in [0.1, 0.15) is 12.3 Å². The molecule has 3 rings (SSSR count). The van der Waals surface area contributed by atoms with Crippen LogP contribution in [0.4, 0.5) is 19.0 Å². The third-order valence-electron chi connectivity index (χ3n) is 3.47. The van der Waals surface area contributed by atoms with Crippen LogP contribution in [0.15, 0.2) is 36.5 Å². The van der Waals surface area contributed by atoms with Gasteiger partial charge >= 0.3 is 6.18 Å². The lowest BCUT2D eigenvalue weighted by molar-refractivity contribution is -0.141. The van der Waals surface area contributed by atoms with Crippen LogP contribution >= 0.6 is 0 Å². The highest BCUT2D eigenvalue weighted by molar-refractivity contribution is 6.08. The van der Waals surface area contributed by atoms with Gasteiger partial charge in [-0.3, -0.25) is 9.48 Å². The number of amides is 1. The molecule has 0 spiro atoms. The number of benzene rings is 1. The molecule has 142 valence electrons. The molecule has 0 aliphatic rings. The number of nitrogens with one attached hydrogen (secondary N) is 1. The van der Waals surface area contributed by atoms with Crippen LogP contribution < -0.4 is 10.1 Å². The predicted molar refractivity (Wildman–Crippen MR) is 91.5 cm³/mol. The second-order valence-corrected chi connectivity index (χ2v) is 6.00. The van der Waals surface area contributed by atoms with E-state index in [1.807, 2.05) is 0 Å². The molecule has 1 N–H and O–H groups in total. The van der Waals surface area contributed by atoms with Gasteiger partial charge in [-0.25, -0.2) is 0 Å². The van der Waals surface area contributed by atoms with Crippen molar-refractivity contribution in [1.82, 2.24) is 20.0 Å². The molecule has 3 aromatic rings. The minimum atomic E-state index is -4.47. The summed E-state index contributed by atoms with van der Waals surface area (Å²) in [6.07, 6.45) is -3.29. The zero-order valence-electron chi connectivity index (χ0n) is 14.5. The molecule has 0 unspecified atom stereocenters. The number of carbonyl (C=O) groups excluding carboxylic acids is 1. The lowest BCUT2D eigenvalue weighted by Crippen LogP contribution is -2.19. The number of ether oxygens (including phenoxy) is 1. The van der Waals surface area contributed by atoms with Crippen LogP contribution in [0.3, 0.4) is 0 Å². The maximum Gasteiger partial charge on any atom is 0.408 e. The fourth-order valence-electron chi connectivity index (χ4n) is 2.52. The van der Waals surface area contributed by atoms with E-state index in [0.29, 0.717) is 5.75 Å². The summed E-state index contributed by atoms with van der Waals surface area (Å²) in [7, 11) is 0. The van der Waals surface area contributed by atoms with Gasteiger partial charge in [-0.2, -0.15) is 23.4 Å². The number of hydrogen-bond acceptors (Lipinski definition) is 5. The number of anilines is 1. The Balaban J connectivity index is 2.08. The van der Waals surface area contributed by atoms with Gasteiger partial charge in [0.05, 0.1) is 17.0 Å². The summed E-state index contributed by atoms with van der Waals surface area (Å²) in [5.74, 6) is -0.354. The predicted octanol–water partition coefficient (Wildman–Crippen LogP) is 3.43. The molecular formula is C17H16F3N5O2. The summed E-state index contributed by atoms with van der Waals surface area (Å²) in [5, 5.41) is 14.0. The number of fused-ring (bicyclic) bond motifs is 1. The van der Waals surface area contributed by atoms with Crippen LogP contribution in [0, 0.1) is 0 Å². The second-order valence-electron chi connectivity index (χ2n) is 6.00. The van der Waals surface area contributed by atoms with E-state index in [9.17, 15) is 18.0 Å². The average molecular weight is 379 g/mol. The van der Waals surface area contributed by atoms with Gasteiger partial charge in [-0.15, -0.1) is 5.10 Å². The number of alkyl halides is 3. The first-order chi connectivity index (χ1) is 12.7. The number of aromatic nitrogens is 4. The normalized spacial score (nSPS) is 11.8. The van der Waals surface area contributed by atoms with Crippen molar-refractivity contribution in [2.45, 2.75) is 32.7 Å². The van der Waals surface area contributed by atoms with Crippen LogP contribution in [0.2, 0.25) is 0 Å². The van der Waals surface area contributed by atoms with Gasteiger partial charge in [-0.1, -0.05) is 6.07 Å². The lowest BCUT2D eigenvalue weighted by Gasteiger charge is -2.12. The number of nitrogens with zero attached hydrogens (tertiary/aromatic N) is 4. The summed E-state index contributed by atoms with van der Waals surface area (Å²) >= 11 is 0. The minimum Gasteiger partial charge on any atom is -0.490 e. The van der Waals surface area contributed by atoms with Crippen LogP contribution in [-0.4, -0.2) is 38.2 Å². The van der Waals surface area contributed by atoms with E-state index in [4.69, 9.17) is 4.74 Å². The first-order valence-electron chi connectivity index (χ1n) is 8.06. The maximum atomic E-state index is 12.9. The first-order valence-corrected chi connectivity index (χ1v) is 8.06. The Morgan fingerprint density at radius 2 is 2.04 bits per heavy atom. The monoisotopic (exact) mass is 379 g/mol. The van der Waals surface area contributed by atoms with Crippen LogP contribution in [-0.2, 0) is 6.54 Å². The highest BCUT2D eigenvalue weighted by Crippen LogP contribution is 2.34. The zero-order valence-corrected chi connectivity index (χ0v) is 14.5. The molecule has 1 amide bonds. The van der Waals surface area contributed by atoms with Crippen LogP contribution in [0.5, 0.6) is 5.75 Å². The van der Waals surface area contributed by atoms with Crippen molar-refractivity contribution in [2.75, 3.05) is 5.32 Å². The standard InChI is InChI=1S/C17H16F3N5O2/c1-10(2)27-13-7-3-6-12-14(13)15(24-25(12)9-17(18,19)20)22-16(26)11-5-4-8-21-23-11/h3-8,10H,9H2,1-2H3,(H,22,24,26). The van der Waals surface area contributed by atoms with E-state index in [0.717, 1.165) is 4.68 Å². The Kier molecular flexibility index (Phi) is 4.98. The molecule has 0 saturated carbocycles. The summed E-state index contributed by atoms with van der Waals surface area (Å²) in [6, 6.07) is 7.63. The first kappa shape index (κ1) is 18.6. The van der Waals surface area contributed by atoms with Crippen molar-refractivity contribution in [3.63, 3.8) is 0 Å². The molecule has 1 aromatic carbocycles. The number of rotatable bonds is 5. The zero-order chi connectivity index (χ0) is 19.6.